The molecule has 2 aromatic rings. The molecule has 0 fully saturated rings. The fourth-order valence-electron chi connectivity index (χ4n) is 2.18. The monoisotopic (exact) mass is 408 g/mol. The SMILES string of the molecule is Cc1nc(NC(=O)COC(=O)/C=C/c2ccc3c(c2)OCO3)c(Cl)cc1Cl. The summed E-state index contributed by atoms with van der Waals surface area (Å²) in [6, 6.07) is 6.71. The summed E-state index contributed by atoms with van der Waals surface area (Å²) in [6.07, 6.45) is 2.76. The molecule has 1 aliphatic heterocycles. The molecule has 0 aliphatic carbocycles. The Morgan fingerprint density at radius 1 is 1.22 bits per heavy atom. The summed E-state index contributed by atoms with van der Waals surface area (Å²) < 4.78 is 15.4. The van der Waals surface area contributed by atoms with E-state index in [9.17, 15) is 9.59 Å². The Morgan fingerprint density at radius 3 is 2.81 bits per heavy atom. The zero-order valence-corrected chi connectivity index (χ0v) is 15.6. The van der Waals surface area contributed by atoms with E-state index in [4.69, 9.17) is 37.4 Å². The molecular formula is C18H14Cl2N2O5. The number of esters is 1. The highest BCUT2D eigenvalue weighted by Gasteiger charge is 2.13. The van der Waals surface area contributed by atoms with Gasteiger partial charge in [-0.1, -0.05) is 29.3 Å². The van der Waals surface area contributed by atoms with Crippen molar-refractivity contribution < 1.29 is 23.8 Å². The Morgan fingerprint density at radius 2 is 2.00 bits per heavy atom. The number of nitrogens with one attached hydrogen (secondary N) is 1. The summed E-state index contributed by atoms with van der Waals surface area (Å²) in [7, 11) is 0. The third kappa shape index (κ3) is 4.90. The van der Waals surface area contributed by atoms with Crippen LogP contribution in [0.2, 0.25) is 10.0 Å². The number of hydrogen-bond donors (Lipinski definition) is 1. The molecule has 0 spiro atoms. The molecule has 0 bridgehead atoms. The van der Waals surface area contributed by atoms with Crippen LogP contribution in [0.3, 0.4) is 0 Å². The summed E-state index contributed by atoms with van der Waals surface area (Å²) >= 11 is 11.9. The first-order valence-electron chi connectivity index (χ1n) is 7.79. The van der Waals surface area contributed by atoms with Crippen molar-refractivity contribution >= 4 is 47.0 Å². The summed E-state index contributed by atoms with van der Waals surface area (Å²) in [5, 5.41) is 3.04. The number of rotatable bonds is 5. The van der Waals surface area contributed by atoms with Crippen LogP contribution in [-0.4, -0.2) is 30.3 Å². The minimum absolute atomic E-state index is 0.149. The van der Waals surface area contributed by atoms with Crippen LogP contribution in [0.5, 0.6) is 11.5 Å². The minimum Gasteiger partial charge on any atom is -0.454 e. The number of fused-ring (bicyclic) bond motifs is 1. The Kier molecular flexibility index (Phi) is 5.83. The molecule has 0 radical (unpaired) electrons. The van der Waals surface area contributed by atoms with Crippen molar-refractivity contribution in [3.8, 4) is 11.5 Å². The van der Waals surface area contributed by atoms with Crippen molar-refractivity contribution in [2.75, 3.05) is 18.7 Å². The van der Waals surface area contributed by atoms with E-state index < -0.39 is 18.5 Å². The molecule has 1 amide bonds. The van der Waals surface area contributed by atoms with Gasteiger partial charge in [0.1, 0.15) is 0 Å². The standard InChI is InChI=1S/C18H14Cl2N2O5/c1-10-12(19)7-13(20)18(21-10)22-16(23)8-25-17(24)5-3-11-2-4-14-15(6-11)27-9-26-14/h2-7H,8-9H2,1H3,(H,21,22,23)/b5-3+. The molecule has 0 unspecified atom stereocenters. The lowest BCUT2D eigenvalue weighted by molar-refractivity contribution is -0.142. The number of hydrogen-bond acceptors (Lipinski definition) is 6. The molecule has 0 atom stereocenters. The lowest BCUT2D eigenvalue weighted by Gasteiger charge is -2.08. The number of carbonyl (C=O) groups is 2. The lowest BCUT2D eigenvalue weighted by atomic mass is 10.2. The van der Waals surface area contributed by atoms with Gasteiger partial charge in [0.05, 0.1) is 15.7 Å². The summed E-state index contributed by atoms with van der Waals surface area (Å²) in [5.41, 5.74) is 1.24. The van der Waals surface area contributed by atoms with Crippen LogP contribution in [-0.2, 0) is 14.3 Å². The maximum Gasteiger partial charge on any atom is 0.331 e. The molecule has 3 rings (SSSR count). The molecular weight excluding hydrogens is 395 g/mol. The molecule has 140 valence electrons. The number of aromatic nitrogens is 1. The van der Waals surface area contributed by atoms with Gasteiger partial charge >= 0.3 is 5.97 Å². The maximum absolute atomic E-state index is 11.9. The van der Waals surface area contributed by atoms with Gasteiger partial charge < -0.3 is 19.5 Å². The number of nitrogens with zero attached hydrogens (tertiary/aromatic N) is 1. The Hall–Kier alpha value is -2.77. The number of anilines is 1. The second-order valence-corrected chi connectivity index (χ2v) is 6.30. The van der Waals surface area contributed by atoms with E-state index in [0.29, 0.717) is 22.2 Å². The number of aryl methyl sites for hydroxylation is 1. The van der Waals surface area contributed by atoms with E-state index in [1.54, 1.807) is 31.2 Å². The van der Waals surface area contributed by atoms with E-state index in [1.807, 2.05) is 0 Å². The number of benzene rings is 1. The van der Waals surface area contributed by atoms with Crippen LogP contribution < -0.4 is 14.8 Å². The molecule has 1 aromatic heterocycles. The largest absolute Gasteiger partial charge is 0.454 e. The second kappa shape index (κ2) is 8.28. The quantitative estimate of drug-likeness (QED) is 0.600. The van der Waals surface area contributed by atoms with Crippen LogP contribution >= 0.6 is 23.2 Å². The van der Waals surface area contributed by atoms with Crippen molar-refractivity contribution in [3.63, 3.8) is 0 Å². The maximum atomic E-state index is 11.9. The predicted octanol–water partition coefficient (Wildman–Crippen LogP) is 3.62. The highest BCUT2D eigenvalue weighted by Crippen LogP contribution is 2.32. The average Bonchev–Trinajstić information content (AvgIpc) is 3.10. The molecule has 27 heavy (non-hydrogen) atoms. The predicted molar refractivity (Wildman–Crippen MR) is 100 cm³/mol. The lowest BCUT2D eigenvalue weighted by Crippen LogP contribution is -2.21. The summed E-state index contributed by atoms with van der Waals surface area (Å²) in [5.74, 6) is 0.157. The van der Waals surface area contributed by atoms with Crippen LogP contribution in [0.25, 0.3) is 6.08 Å². The smallest absolute Gasteiger partial charge is 0.331 e. The van der Waals surface area contributed by atoms with Gasteiger partial charge in [0, 0.05) is 6.08 Å². The molecule has 2 heterocycles. The zero-order valence-electron chi connectivity index (χ0n) is 14.1. The molecule has 1 aliphatic rings. The van der Waals surface area contributed by atoms with E-state index in [0.717, 1.165) is 5.56 Å². The van der Waals surface area contributed by atoms with Gasteiger partial charge in [-0.05, 0) is 36.8 Å². The van der Waals surface area contributed by atoms with Crippen LogP contribution in [0.4, 0.5) is 5.82 Å². The van der Waals surface area contributed by atoms with Gasteiger partial charge in [-0.2, -0.15) is 0 Å². The molecule has 0 saturated heterocycles. The summed E-state index contributed by atoms with van der Waals surface area (Å²) in [6.45, 7) is 1.37. The molecule has 7 nitrogen and oxygen atoms in total. The first-order chi connectivity index (χ1) is 12.9. The molecule has 9 heteroatoms. The fourth-order valence-corrected chi connectivity index (χ4v) is 2.59. The van der Waals surface area contributed by atoms with Gasteiger partial charge in [0.25, 0.3) is 5.91 Å². The third-order valence-electron chi connectivity index (χ3n) is 3.52. The van der Waals surface area contributed by atoms with E-state index in [1.165, 1.54) is 12.1 Å². The highest BCUT2D eigenvalue weighted by atomic mass is 35.5. The van der Waals surface area contributed by atoms with Crippen molar-refractivity contribution in [1.29, 1.82) is 0 Å². The normalized spacial score (nSPS) is 12.3. The van der Waals surface area contributed by atoms with Crippen molar-refractivity contribution in [3.05, 3.63) is 51.6 Å². The third-order valence-corrected chi connectivity index (χ3v) is 4.19. The van der Waals surface area contributed by atoms with Gasteiger partial charge in [0.2, 0.25) is 6.79 Å². The summed E-state index contributed by atoms with van der Waals surface area (Å²) in [4.78, 5) is 27.7. The van der Waals surface area contributed by atoms with Gasteiger partial charge in [-0.3, -0.25) is 4.79 Å². The number of pyridine rings is 1. The first-order valence-corrected chi connectivity index (χ1v) is 8.55. The Balaban J connectivity index is 1.51. The number of ether oxygens (including phenoxy) is 3. The van der Waals surface area contributed by atoms with E-state index in [2.05, 4.69) is 10.3 Å². The molecule has 1 N–H and O–H groups in total. The Labute approximate surface area is 164 Å². The van der Waals surface area contributed by atoms with Crippen molar-refractivity contribution in [2.24, 2.45) is 0 Å². The number of halogens is 2. The van der Waals surface area contributed by atoms with E-state index >= 15 is 0 Å². The Bertz CT molecular complexity index is 930. The average molecular weight is 409 g/mol. The van der Waals surface area contributed by atoms with E-state index in [-0.39, 0.29) is 17.6 Å². The van der Waals surface area contributed by atoms with Gasteiger partial charge in [0.15, 0.2) is 23.9 Å². The van der Waals surface area contributed by atoms with Crippen LogP contribution in [0, 0.1) is 6.92 Å². The minimum atomic E-state index is -0.672. The topological polar surface area (TPSA) is 86.8 Å². The number of carbonyl (C=O) groups excluding carboxylic acids is 2. The number of amides is 1. The van der Waals surface area contributed by atoms with Crippen LogP contribution in [0.15, 0.2) is 30.3 Å². The van der Waals surface area contributed by atoms with Gasteiger partial charge in [-0.25, -0.2) is 9.78 Å². The molecule has 0 saturated carbocycles. The zero-order chi connectivity index (χ0) is 19.4. The first kappa shape index (κ1) is 19.0. The second-order valence-electron chi connectivity index (χ2n) is 5.49. The van der Waals surface area contributed by atoms with Gasteiger partial charge in [-0.15, -0.1) is 0 Å². The van der Waals surface area contributed by atoms with Crippen molar-refractivity contribution in [2.45, 2.75) is 6.92 Å². The fraction of sp³-hybridized carbons (Fsp3) is 0.167. The van der Waals surface area contributed by atoms with Crippen molar-refractivity contribution in [1.82, 2.24) is 4.98 Å². The highest BCUT2D eigenvalue weighted by molar-refractivity contribution is 6.36. The molecule has 1 aromatic carbocycles. The van der Waals surface area contributed by atoms with Crippen LogP contribution in [0.1, 0.15) is 11.3 Å².